The molecule has 4 aromatic rings. The minimum absolute atomic E-state index is 0.0136. The van der Waals surface area contributed by atoms with Crippen LogP contribution in [0.3, 0.4) is 0 Å². The first-order valence-electron chi connectivity index (χ1n) is 11.3. The monoisotopic (exact) mass is 492 g/mol. The fourth-order valence-electron chi connectivity index (χ4n) is 4.23. The van der Waals surface area contributed by atoms with Gasteiger partial charge in [-0.05, 0) is 61.4 Å². The van der Waals surface area contributed by atoms with Gasteiger partial charge < -0.3 is 19.7 Å². The molecule has 1 amide bonds. The first kappa shape index (κ1) is 22.9. The molecule has 1 N–H and O–H groups in total. The third-order valence-electron chi connectivity index (χ3n) is 6.21. The van der Waals surface area contributed by atoms with Crippen molar-refractivity contribution in [2.24, 2.45) is 5.92 Å². The second kappa shape index (κ2) is 9.79. The van der Waals surface area contributed by atoms with E-state index in [1.807, 2.05) is 36.4 Å². The van der Waals surface area contributed by atoms with Crippen LogP contribution in [0.1, 0.15) is 12.8 Å². The third kappa shape index (κ3) is 4.72. The van der Waals surface area contributed by atoms with Crippen molar-refractivity contribution >= 4 is 34.7 Å². The number of hydrogen-bond acceptors (Lipinski definition) is 7. The summed E-state index contributed by atoms with van der Waals surface area (Å²) < 4.78 is 12.4. The van der Waals surface area contributed by atoms with E-state index >= 15 is 0 Å². The van der Waals surface area contributed by atoms with Crippen molar-refractivity contribution in [2.45, 2.75) is 12.8 Å². The Morgan fingerprint density at radius 3 is 2.49 bits per heavy atom. The Balaban J connectivity index is 1.27. The highest BCUT2D eigenvalue weighted by atomic mass is 35.5. The van der Waals surface area contributed by atoms with Gasteiger partial charge in [-0.15, -0.1) is 15.3 Å². The molecule has 9 nitrogen and oxygen atoms in total. The second-order valence-electron chi connectivity index (χ2n) is 8.31. The Morgan fingerprint density at radius 2 is 1.77 bits per heavy atom. The lowest BCUT2D eigenvalue weighted by atomic mass is 9.95. The van der Waals surface area contributed by atoms with Crippen LogP contribution in [0.5, 0.6) is 11.5 Å². The van der Waals surface area contributed by atoms with E-state index in [4.69, 9.17) is 26.2 Å². The molecule has 35 heavy (non-hydrogen) atoms. The molecule has 0 radical (unpaired) electrons. The molecule has 0 aliphatic carbocycles. The van der Waals surface area contributed by atoms with Crippen LogP contribution in [0.4, 0.5) is 11.5 Å². The molecule has 0 unspecified atom stereocenters. The van der Waals surface area contributed by atoms with E-state index in [0.29, 0.717) is 33.7 Å². The van der Waals surface area contributed by atoms with Crippen LogP contribution in [0.25, 0.3) is 17.0 Å². The molecule has 0 saturated carbocycles. The van der Waals surface area contributed by atoms with Gasteiger partial charge in [-0.1, -0.05) is 11.6 Å². The number of carbonyl (C=O) groups excluding carboxylic acids is 1. The highest BCUT2D eigenvalue weighted by Crippen LogP contribution is 2.31. The molecule has 0 atom stereocenters. The molecule has 2 aromatic carbocycles. The minimum Gasteiger partial charge on any atom is -0.497 e. The Bertz CT molecular complexity index is 1350. The zero-order valence-electron chi connectivity index (χ0n) is 19.4. The zero-order chi connectivity index (χ0) is 24.4. The Morgan fingerprint density at radius 1 is 1.00 bits per heavy atom. The molecule has 0 spiro atoms. The summed E-state index contributed by atoms with van der Waals surface area (Å²) in [5.74, 6) is 2.61. The quantitative estimate of drug-likeness (QED) is 0.428. The Hall–Kier alpha value is -3.85. The highest BCUT2D eigenvalue weighted by molar-refractivity contribution is 6.30. The van der Waals surface area contributed by atoms with Gasteiger partial charge in [0.25, 0.3) is 0 Å². The summed E-state index contributed by atoms with van der Waals surface area (Å²) in [6.07, 6.45) is 1.44. The first-order chi connectivity index (χ1) is 17.1. The van der Waals surface area contributed by atoms with Gasteiger partial charge in [0.15, 0.2) is 11.5 Å². The molecule has 1 fully saturated rings. The number of halogens is 1. The third-order valence-corrected chi connectivity index (χ3v) is 6.46. The van der Waals surface area contributed by atoms with Gasteiger partial charge in [0.1, 0.15) is 17.3 Å². The number of anilines is 2. The summed E-state index contributed by atoms with van der Waals surface area (Å²) in [7, 11) is 3.16. The predicted octanol–water partition coefficient (Wildman–Crippen LogP) is 4.32. The van der Waals surface area contributed by atoms with Crippen molar-refractivity contribution in [1.82, 2.24) is 19.8 Å². The topological polar surface area (TPSA) is 93.9 Å². The number of aromatic nitrogens is 4. The normalized spacial score (nSPS) is 14.2. The largest absolute Gasteiger partial charge is 0.497 e. The molecule has 180 valence electrons. The lowest BCUT2D eigenvalue weighted by molar-refractivity contribution is -0.120. The molecule has 3 heterocycles. The lowest BCUT2D eigenvalue weighted by Crippen LogP contribution is -2.38. The number of nitrogens with zero attached hydrogens (tertiary/aromatic N) is 5. The summed E-state index contributed by atoms with van der Waals surface area (Å²) in [6, 6.07) is 16.6. The van der Waals surface area contributed by atoms with E-state index in [-0.39, 0.29) is 11.8 Å². The minimum atomic E-state index is -0.0960. The summed E-state index contributed by atoms with van der Waals surface area (Å²) in [4.78, 5) is 15.1. The van der Waals surface area contributed by atoms with E-state index < -0.39 is 0 Å². The fourth-order valence-corrected chi connectivity index (χ4v) is 4.36. The summed E-state index contributed by atoms with van der Waals surface area (Å²) in [6.45, 7) is 1.43. The zero-order valence-corrected chi connectivity index (χ0v) is 20.2. The van der Waals surface area contributed by atoms with Gasteiger partial charge in [-0.2, -0.15) is 4.52 Å². The van der Waals surface area contributed by atoms with E-state index in [2.05, 4.69) is 20.4 Å². The number of fused-ring (bicyclic) bond motifs is 1. The lowest BCUT2D eigenvalue weighted by Gasteiger charge is -2.32. The van der Waals surface area contributed by atoms with Gasteiger partial charge in [0.05, 0.1) is 19.9 Å². The van der Waals surface area contributed by atoms with Crippen molar-refractivity contribution in [1.29, 1.82) is 0 Å². The van der Waals surface area contributed by atoms with Gasteiger partial charge in [-0.25, -0.2) is 0 Å². The van der Waals surface area contributed by atoms with Gasteiger partial charge >= 0.3 is 0 Å². The van der Waals surface area contributed by atoms with Crippen molar-refractivity contribution in [3.8, 4) is 22.9 Å². The molecule has 0 bridgehead atoms. The number of piperidine rings is 1. The Labute approximate surface area is 207 Å². The molecule has 1 aliphatic heterocycles. The molecule has 1 saturated heterocycles. The SMILES string of the molecule is COc1ccc(NC(=O)C2CCN(c3ccc4nnc(-c5ccc(Cl)cc5)n4n3)CC2)c(OC)c1. The van der Waals surface area contributed by atoms with Crippen LogP contribution in [-0.2, 0) is 4.79 Å². The number of nitrogens with one attached hydrogen (secondary N) is 1. The molecule has 5 rings (SSSR count). The number of hydrogen-bond donors (Lipinski definition) is 1. The van der Waals surface area contributed by atoms with E-state index in [9.17, 15) is 4.79 Å². The molecule has 2 aromatic heterocycles. The van der Waals surface area contributed by atoms with Crippen molar-refractivity contribution in [3.05, 3.63) is 59.6 Å². The predicted molar refractivity (Wildman–Crippen MR) is 134 cm³/mol. The van der Waals surface area contributed by atoms with Crippen molar-refractivity contribution < 1.29 is 14.3 Å². The number of benzene rings is 2. The number of methoxy groups -OCH3 is 2. The highest BCUT2D eigenvalue weighted by Gasteiger charge is 2.27. The maximum absolute atomic E-state index is 12.9. The fraction of sp³-hybridized carbons (Fsp3) is 0.280. The number of rotatable bonds is 6. The maximum atomic E-state index is 12.9. The van der Waals surface area contributed by atoms with Gasteiger partial charge in [-0.3, -0.25) is 4.79 Å². The van der Waals surface area contributed by atoms with E-state index in [1.165, 1.54) is 0 Å². The maximum Gasteiger partial charge on any atom is 0.227 e. The van der Waals surface area contributed by atoms with Crippen LogP contribution in [0, 0.1) is 5.92 Å². The molecular formula is C25H25ClN6O3. The summed E-state index contributed by atoms with van der Waals surface area (Å²) in [5.41, 5.74) is 2.19. The summed E-state index contributed by atoms with van der Waals surface area (Å²) >= 11 is 6.02. The van der Waals surface area contributed by atoms with Crippen LogP contribution in [0.15, 0.2) is 54.6 Å². The van der Waals surface area contributed by atoms with Crippen molar-refractivity contribution in [2.75, 3.05) is 37.5 Å². The average Bonchev–Trinajstić information content (AvgIpc) is 3.32. The molecule has 10 heteroatoms. The standard InChI is InChI=1S/C25H25ClN6O3/c1-34-19-7-8-20(21(15-19)35-2)27-25(33)17-11-13-31(14-12-17)23-10-9-22-28-29-24(32(22)30-23)16-3-5-18(26)6-4-16/h3-10,15,17H,11-14H2,1-2H3,(H,27,33). The second-order valence-corrected chi connectivity index (χ2v) is 8.75. The van der Waals surface area contributed by atoms with Gasteiger partial charge in [0, 0.05) is 35.7 Å². The Kier molecular flexibility index (Phi) is 6.41. The van der Waals surface area contributed by atoms with Crippen LogP contribution >= 0.6 is 11.6 Å². The first-order valence-corrected chi connectivity index (χ1v) is 11.7. The van der Waals surface area contributed by atoms with Crippen molar-refractivity contribution in [3.63, 3.8) is 0 Å². The van der Waals surface area contributed by atoms with Gasteiger partial charge in [0.2, 0.25) is 5.91 Å². The number of amides is 1. The molecule has 1 aliphatic rings. The average molecular weight is 493 g/mol. The van der Waals surface area contributed by atoms with Crippen LogP contribution in [0.2, 0.25) is 5.02 Å². The van der Waals surface area contributed by atoms with Crippen LogP contribution in [-0.4, -0.2) is 53.0 Å². The van der Waals surface area contributed by atoms with E-state index in [1.54, 1.807) is 36.9 Å². The number of ether oxygens (including phenoxy) is 2. The summed E-state index contributed by atoms with van der Waals surface area (Å²) in [5, 5.41) is 17.0. The molecular weight excluding hydrogens is 468 g/mol. The van der Waals surface area contributed by atoms with Crippen LogP contribution < -0.4 is 19.7 Å². The smallest absolute Gasteiger partial charge is 0.227 e. The number of carbonyl (C=O) groups is 1. The van der Waals surface area contributed by atoms with E-state index in [0.717, 1.165) is 37.3 Å².